The minimum absolute atomic E-state index is 0.116. The summed E-state index contributed by atoms with van der Waals surface area (Å²) in [7, 11) is 0. The second-order valence-corrected chi connectivity index (χ2v) is 6.66. The van der Waals surface area contributed by atoms with Gasteiger partial charge >= 0.3 is 0 Å². The van der Waals surface area contributed by atoms with Gasteiger partial charge in [-0.05, 0) is 25.0 Å². The summed E-state index contributed by atoms with van der Waals surface area (Å²) in [5.74, 6) is 0.605. The highest BCUT2D eigenvalue weighted by molar-refractivity contribution is 7.98. The molecule has 0 saturated carbocycles. The summed E-state index contributed by atoms with van der Waals surface area (Å²) >= 11 is 1.53. The van der Waals surface area contributed by atoms with E-state index in [9.17, 15) is 10.1 Å². The third-order valence-corrected chi connectivity index (χ3v) is 5.22. The van der Waals surface area contributed by atoms with Crippen LogP contribution < -0.4 is 0 Å². The van der Waals surface area contributed by atoms with Gasteiger partial charge in [-0.25, -0.2) is 0 Å². The molecule has 0 saturated heterocycles. The Morgan fingerprint density at radius 1 is 1.20 bits per heavy atom. The molecule has 0 aliphatic heterocycles. The molecule has 0 fully saturated rings. The van der Waals surface area contributed by atoms with Crippen LogP contribution in [0.25, 0.3) is 0 Å². The summed E-state index contributed by atoms with van der Waals surface area (Å²) < 4.78 is 2.02. The molecule has 3 aromatic rings. The maximum Gasteiger partial charge on any atom is 0.272 e. The Morgan fingerprint density at radius 2 is 1.96 bits per heavy atom. The van der Waals surface area contributed by atoms with Crippen LogP contribution in [-0.4, -0.2) is 19.7 Å². The maximum absolute atomic E-state index is 11.1. The lowest BCUT2D eigenvalue weighted by Crippen LogP contribution is -2.07. The standard InChI is InChI=1S/C18H18N4O2S/c1-13-16(9-6-10-17(13)22(23)24)11-25-18-20-19-12-21(18)14(2)15-7-4-3-5-8-15/h3-10,12,14H,11H2,1-2H3. The van der Waals surface area contributed by atoms with Crippen LogP contribution >= 0.6 is 11.8 Å². The average molecular weight is 354 g/mol. The minimum atomic E-state index is -0.344. The number of rotatable bonds is 6. The van der Waals surface area contributed by atoms with Crippen molar-refractivity contribution in [3.63, 3.8) is 0 Å². The summed E-state index contributed by atoms with van der Waals surface area (Å²) in [5.41, 5.74) is 2.95. The van der Waals surface area contributed by atoms with Crippen LogP contribution in [0.4, 0.5) is 5.69 Å². The predicted octanol–water partition coefficient (Wildman–Crippen LogP) is 4.40. The fourth-order valence-corrected chi connectivity index (χ4v) is 3.72. The van der Waals surface area contributed by atoms with Crippen molar-refractivity contribution in [3.05, 3.63) is 81.7 Å². The summed E-state index contributed by atoms with van der Waals surface area (Å²) in [5, 5.41) is 20.1. The van der Waals surface area contributed by atoms with Crippen molar-refractivity contribution in [1.82, 2.24) is 14.8 Å². The molecule has 0 radical (unpaired) electrons. The molecular formula is C18H18N4O2S. The highest BCUT2D eigenvalue weighted by Gasteiger charge is 2.16. The molecule has 0 amide bonds. The monoisotopic (exact) mass is 354 g/mol. The fourth-order valence-electron chi connectivity index (χ4n) is 2.66. The number of aromatic nitrogens is 3. The molecule has 0 bridgehead atoms. The molecule has 1 atom stereocenters. The van der Waals surface area contributed by atoms with Crippen molar-refractivity contribution in [2.24, 2.45) is 0 Å². The molecule has 3 rings (SSSR count). The molecule has 0 spiro atoms. The molecule has 1 unspecified atom stereocenters. The van der Waals surface area contributed by atoms with Crippen LogP contribution in [0.5, 0.6) is 0 Å². The fraction of sp³-hybridized carbons (Fsp3) is 0.222. The van der Waals surface area contributed by atoms with Gasteiger partial charge in [-0.15, -0.1) is 10.2 Å². The van der Waals surface area contributed by atoms with Crippen molar-refractivity contribution in [3.8, 4) is 0 Å². The summed E-state index contributed by atoms with van der Waals surface area (Å²) in [6.45, 7) is 3.88. The van der Waals surface area contributed by atoms with Crippen LogP contribution in [0.15, 0.2) is 60.0 Å². The van der Waals surface area contributed by atoms with E-state index < -0.39 is 0 Å². The van der Waals surface area contributed by atoms with E-state index in [0.29, 0.717) is 11.3 Å². The summed E-state index contributed by atoms with van der Waals surface area (Å²) in [6.07, 6.45) is 1.72. The van der Waals surface area contributed by atoms with Gasteiger partial charge in [-0.2, -0.15) is 0 Å². The van der Waals surface area contributed by atoms with Crippen LogP contribution in [0.1, 0.15) is 29.7 Å². The first-order valence-electron chi connectivity index (χ1n) is 7.88. The van der Waals surface area contributed by atoms with Crippen molar-refractivity contribution in [1.29, 1.82) is 0 Å². The van der Waals surface area contributed by atoms with Crippen LogP contribution in [0.2, 0.25) is 0 Å². The quantitative estimate of drug-likeness (QED) is 0.373. The zero-order valence-electron chi connectivity index (χ0n) is 14.0. The Kier molecular flexibility index (Phi) is 5.14. The first-order valence-corrected chi connectivity index (χ1v) is 8.86. The van der Waals surface area contributed by atoms with Gasteiger partial charge in [0.15, 0.2) is 5.16 Å². The average Bonchev–Trinajstić information content (AvgIpc) is 3.09. The molecule has 1 heterocycles. The van der Waals surface area contributed by atoms with E-state index in [1.807, 2.05) is 28.8 Å². The lowest BCUT2D eigenvalue weighted by Gasteiger charge is -2.15. The van der Waals surface area contributed by atoms with E-state index in [1.54, 1.807) is 19.3 Å². The molecule has 0 aliphatic carbocycles. The smallest absolute Gasteiger partial charge is 0.272 e. The molecule has 0 N–H and O–H groups in total. The van der Waals surface area contributed by atoms with E-state index in [4.69, 9.17) is 0 Å². The highest BCUT2D eigenvalue weighted by Crippen LogP contribution is 2.29. The van der Waals surface area contributed by atoms with Crippen molar-refractivity contribution >= 4 is 17.4 Å². The lowest BCUT2D eigenvalue weighted by molar-refractivity contribution is -0.385. The van der Waals surface area contributed by atoms with Crippen molar-refractivity contribution < 1.29 is 4.92 Å². The normalized spacial score (nSPS) is 12.1. The number of thioether (sulfide) groups is 1. The number of nitro groups is 1. The molecule has 0 aliphatic rings. The zero-order chi connectivity index (χ0) is 17.8. The van der Waals surface area contributed by atoms with Gasteiger partial charge in [0.25, 0.3) is 5.69 Å². The van der Waals surface area contributed by atoms with E-state index in [2.05, 4.69) is 29.3 Å². The molecule has 1 aromatic heterocycles. The molecule has 128 valence electrons. The van der Waals surface area contributed by atoms with Gasteiger partial charge in [0.1, 0.15) is 6.33 Å². The highest BCUT2D eigenvalue weighted by atomic mass is 32.2. The van der Waals surface area contributed by atoms with Gasteiger partial charge in [0, 0.05) is 17.4 Å². The maximum atomic E-state index is 11.1. The predicted molar refractivity (Wildman–Crippen MR) is 97.7 cm³/mol. The number of hydrogen-bond donors (Lipinski definition) is 0. The van der Waals surface area contributed by atoms with E-state index in [1.165, 1.54) is 23.4 Å². The Bertz CT molecular complexity index is 880. The number of nitrogens with zero attached hydrogens (tertiary/aromatic N) is 4. The number of benzene rings is 2. The van der Waals surface area contributed by atoms with Crippen LogP contribution in [-0.2, 0) is 5.75 Å². The second-order valence-electron chi connectivity index (χ2n) is 5.71. The van der Waals surface area contributed by atoms with E-state index in [-0.39, 0.29) is 16.7 Å². The van der Waals surface area contributed by atoms with E-state index >= 15 is 0 Å². The SMILES string of the molecule is Cc1c(CSc2nncn2C(C)c2ccccc2)cccc1[N+](=O)[O-]. The van der Waals surface area contributed by atoms with Crippen molar-refractivity contribution in [2.75, 3.05) is 0 Å². The van der Waals surface area contributed by atoms with Gasteiger partial charge in [0.05, 0.1) is 11.0 Å². The minimum Gasteiger partial charge on any atom is -0.301 e. The number of nitro benzene ring substituents is 1. The van der Waals surface area contributed by atoms with Crippen molar-refractivity contribution in [2.45, 2.75) is 30.8 Å². The summed E-state index contributed by atoms with van der Waals surface area (Å²) in [6, 6.07) is 15.4. The third-order valence-electron chi connectivity index (χ3n) is 4.21. The lowest BCUT2D eigenvalue weighted by atomic mass is 10.1. The van der Waals surface area contributed by atoms with Gasteiger partial charge in [-0.1, -0.05) is 54.2 Å². The Hall–Kier alpha value is -2.67. The van der Waals surface area contributed by atoms with Crippen LogP contribution in [0, 0.1) is 17.0 Å². The first-order chi connectivity index (χ1) is 12.1. The first kappa shape index (κ1) is 17.2. The second kappa shape index (κ2) is 7.48. The molecule has 7 heteroatoms. The Morgan fingerprint density at radius 3 is 2.68 bits per heavy atom. The molecule has 25 heavy (non-hydrogen) atoms. The topological polar surface area (TPSA) is 73.8 Å². The Labute approximate surface area is 150 Å². The summed E-state index contributed by atoms with van der Waals surface area (Å²) in [4.78, 5) is 10.7. The molecule has 6 nitrogen and oxygen atoms in total. The van der Waals surface area contributed by atoms with Crippen LogP contribution in [0.3, 0.4) is 0 Å². The third kappa shape index (κ3) is 3.71. The van der Waals surface area contributed by atoms with Gasteiger partial charge in [0.2, 0.25) is 0 Å². The van der Waals surface area contributed by atoms with E-state index in [0.717, 1.165) is 10.7 Å². The Balaban J connectivity index is 1.79. The molecular weight excluding hydrogens is 336 g/mol. The van der Waals surface area contributed by atoms with Gasteiger partial charge < -0.3 is 4.57 Å². The zero-order valence-corrected chi connectivity index (χ0v) is 14.8. The number of hydrogen-bond acceptors (Lipinski definition) is 5. The largest absolute Gasteiger partial charge is 0.301 e. The van der Waals surface area contributed by atoms with Gasteiger partial charge in [-0.3, -0.25) is 10.1 Å². The molecule has 2 aromatic carbocycles.